The van der Waals surface area contributed by atoms with E-state index in [0.29, 0.717) is 16.3 Å². The lowest BCUT2D eigenvalue weighted by Gasteiger charge is -2.13. The summed E-state index contributed by atoms with van der Waals surface area (Å²) in [6.45, 7) is 4.96. The molecule has 0 spiro atoms. The first-order chi connectivity index (χ1) is 9.84. The van der Waals surface area contributed by atoms with Gasteiger partial charge in [-0.2, -0.15) is 0 Å². The van der Waals surface area contributed by atoms with Gasteiger partial charge < -0.3 is 5.32 Å². The summed E-state index contributed by atoms with van der Waals surface area (Å²) in [6.07, 6.45) is 0. The molecule has 0 unspecified atom stereocenters. The first-order valence-corrected chi connectivity index (χ1v) is 8.81. The largest absolute Gasteiger partial charge is 0.320 e. The summed E-state index contributed by atoms with van der Waals surface area (Å²) in [5.74, 6) is -0.346. The van der Waals surface area contributed by atoms with Crippen LogP contribution in [0.2, 0.25) is 0 Å². The van der Waals surface area contributed by atoms with E-state index < -0.39 is 15.1 Å². The number of carbonyl (C=O) groups excluding carboxylic acids is 1. The lowest BCUT2D eigenvalue weighted by molar-refractivity contribution is 0.102. The number of aryl methyl sites for hydroxylation is 1. The Hall–Kier alpha value is -1.73. The Morgan fingerprint density at radius 3 is 2.52 bits per heavy atom. The van der Waals surface area contributed by atoms with Crippen LogP contribution < -0.4 is 5.32 Å². The van der Waals surface area contributed by atoms with Gasteiger partial charge in [-0.25, -0.2) is 13.4 Å². The van der Waals surface area contributed by atoms with Crippen molar-refractivity contribution in [1.29, 1.82) is 0 Å². The summed E-state index contributed by atoms with van der Waals surface area (Å²) in [6, 6.07) is 6.42. The van der Waals surface area contributed by atoms with Gasteiger partial charge in [-0.1, -0.05) is 12.1 Å². The smallest absolute Gasteiger partial charge is 0.267 e. The van der Waals surface area contributed by atoms with E-state index in [1.54, 1.807) is 44.5 Å². The van der Waals surface area contributed by atoms with Crippen molar-refractivity contribution in [2.75, 3.05) is 5.32 Å². The van der Waals surface area contributed by atoms with Gasteiger partial charge >= 0.3 is 0 Å². The van der Waals surface area contributed by atoms with Crippen molar-refractivity contribution in [3.8, 4) is 0 Å². The van der Waals surface area contributed by atoms with Crippen LogP contribution in [0.15, 0.2) is 34.7 Å². The molecule has 1 aromatic carbocycles. The topological polar surface area (TPSA) is 76.1 Å². The number of para-hydroxylation sites is 1. The molecular weight excluding hydrogens is 308 g/mol. The van der Waals surface area contributed by atoms with Crippen LogP contribution in [0.3, 0.4) is 0 Å². The summed E-state index contributed by atoms with van der Waals surface area (Å²) < 4.78 is 24.7. The summed E-state index contributed by atoms with van der Waals surface area (Å²) in [4.78, 5) is 16.8. The van der Waals surface area contributed by atoms with E-state index in [4.69, 9.17) is 0 Å². The standard InChI is InChI=1S/C14H16N2O3S2/c1-9(2)21(18,19)12-7-5-4-6-11(12)16-14(17)13-10(3)15-8-20-13/h4-9H,1-3H3,(H,16,17). The molecule has 0 saturated heterocycles. The van der Waals surface area contributed by atoms with E-state index in [1.165, 1.54) is 17.4 Å². The number of nitrogens with one attached hydrogen (secondary N) is 1. The van der Waals surface area contributed by atoms with Crippen molar-refractivity contribution in [3.05, 3.63) is 40.3 Å². The zero-order chi connectivity index (χ0) is 15.6. The predicted molar refractivity (Wildman–Crippen MR) is 83.6 cm³/mol. The zero-order valence-corrected chi connectivity index (χ0v) is 13.6. The van der Waals surface area contributed by atoms with Crippen LogP contribution in [0.5, 0.6) is 0 Å². The molecule has 7 heteroatoms. The molecule has 2 aromatic rings. The normalized spacial score (nSPS) is 11.6. The summed E-state index contributed by atoms with van der Waals surface area (Å²) in [7, 11) is -3.46. The van der Waals surface area contributed by atoms with E-state index >= 15 is 0 Å². The van der Waals surface area contributed by atoms with Gasteiger partial charge in [0.15, 0.2) is 9.84 Å². The number of anilines is 1. The maximum Gasteiger partial charge on any atom is 0.267 e. The van der Waals surface area contributed by atoms with Gasteiger partial charge in [-0.05, 0) is 32.9 Å². The maximum absolute atomic E-state index is 12.3. The van der Waals surface area contributed by atoms with E-state index in [2.05, 4.69) is 10.3 Å². The molecule has 0 radical (unpaired) electrons. The SMILES string of the molecule is Cc1ncsc1C(=O)Nc1ccccc1S(=O)(=O)C(C)C. The fourth-order valence-electron chi connectivity index (χ4n) is 1.77. The molecule has 0 aliphatic rings. The molecule has 1 N–H and O–H groups in total. The molecule has 0 atom stereocenters. The minimum Gasteiger partial charge on any atom is -0.320 e. The van der Waals surface area contributed by atoms with Gasteiger partial charge in [-0.15, -0.1) is 11.3 Å². The number of nitrogens with zero attached hydrogens (tertiary/aromatic N) is 1. The lowest BCUT2D eigenvalue weighted by atomic mass is 10.3. The van der Waals surface area contributed by atoms with Gasteiger partial charge in [0.2, 0.25) is 0 Å². The van der Waals surface area contributed by atoms with Crippen LogP contribution in [0, 0.1) is 6.92 Å². The molecule has 0 saturated carbocycles. The van der Waals surface area contributed by atoms with Gasteiger partial charge in [0.1, 0.15) is 4.88 Å². The average molecular weight is 324 g/mol. The van der Waals surface area contributed by atoms with Crippen molar-refractivity contribution < 1.29 is 13.2 Å². The average Bonchev–Trinajstić information content (AvgIpc) is 2.85. The third-order valence-corrected chi connectivity index (χ3v) is 6.15. The third kappa shape index (κ3) is 3.14. The molecule has 1 aromatic heterocycles. The second-order valence-corrected chi connectivity index (χ2v) is 8.14. The Bertz CT molecular complexity index is 764. The number of aromatic nitrogens is 1. The summed E-state index contributed by atoms with van der Waals surface area (Å²) in [5, 5.41) is 2.11. The summed E-state index contributed by atoms with van der Waals surface area (Å²) >= 11 is 1.22. The van der Waals surface area contributed by atoms with Crippen LogP contribution in [-0.2, 0) is 9.84 Å². The number of sulfone groups is 1. The number of hydrogen-bond donors (Lipinski definition) is 1. The molecule has 21 heavy (non-hydrogen) atoms. The molecule has 1 heterocycles. The number of carbonyl (C=O) groups is 1. The zero-order valence-electron chi connectivity index (χ0n) is 12.0. The molecule has 0 bridgehead atoms. The predicted octanol–water partition coefficient (Wildman–Crippen LogP) is 2.89. The number of amides is 1. The van der Waals surface area contributed by atoms with E-state index in [0.717, 1.165) is 0 Å². The van der Waals surface area contributed by atoms with Crippen molar-refractivity contribution in [1.82, 2.24) is 4.98 Å². The number of rotatable bonds is 4. The van der Waals surface area contributed by atoms with Crippen molar-refractivity contribution in [2.24, 2.45) is 0 Å². The van der Waals surface area contributed by atoms with Crippen LogP contribution in [0.25, 0.3) is 0 Å². The van der Waals surface area contributed by atoms with Gasteiger partial charge in [0.05, 0.1) is 27.0 Å². The molecule has 1 amide bonds. The van der Waals surface area contributed by atoms with Gasteiger partial charge in [0, 0.05) is 0 Å². The van der Waals surface area contributed by atoms with E-state index in [1.807, 2.05) is 0 Å². The van der Waals surface area contributed by atoms with Crippen molar-refractivity contribution in [3.63, 3.8) is 0 Å². The molecule has 5 nitrogen and oxygen atoms in total. The quantitative estimate of drug-likeness (QED) is 0.938. The summed E-state index contributed by atoms with van der Waals surface area (Å²) in [5.41, 5.74) is 2.51. The highest BCUT2D eigenvalue weighted by atomic mass is 32.2. The van der Waals surface area contributed by atoms with Crippen LogP contribution in [0.4, 0.5) is 5.69 Å². The Kier molecular flexibility index (Phi) is 4.43. The fraction of sp³-hybridized carbons (Fsp3) is 0.286. The van der Waals surface area contributed by atoms with E-state index in [9.17, 15) is 13.2 Å². The maximum atomic E-state index is 12.3. The molecule has 2 rings (SSSR count). The molecular formula is C14H16N2O3S2. The van der Waals surface area contributed by atoms with E-state index in [-0.39, 0.29) is 10.8 Å². The lowest BCUT2D eigenvalue weighted by Crippen LogP contribution is -2.18. The number of benzene rings is 1. The number of thiazole rings is 1. The minimum absolute atomic E-state index is 0.135. The Morgan fingerprint density at radius 1 is 1.29 bits per heavy atom. The third-order valence-electron chi connectivity index (χ3n) is 3.01. The van der Waals surface area contributed by atoms with Crippen LogP contribution in [0.1, 0.15) is 29.2 Å². The Balaban J connectivity index is 2.39. The second kappa shape index (κ2) is 5.95. The monoisotopic (exact) mass is 324 g/mol. The van der Waals surface area contributed by atoms with Crippen LogP contribution >= 0.6 is 11.3 Å². The number of hydrogen-bond acceptors (Lipinski definition) is 5. The fourth-order valence-corrected chi connectivity index (χ4v) is 3.67. The van der Waals surface area contributed by atoms with Crippen LogP contribution in [-0.4, -0.2) is 24.6 Å². The highest BCUT2D eigenvalue weighted by molar-refractivity contribution is 7.92. The molecule has 0 fully saturated rings. The molecule has 0 aliphatic carbocycles. The first kappa shape index (κ1) is 15.7. The van der Waals surface area contributed by atoms with Gasteiger partial charge in [-0.3, -0.25) is 4.79 Å². The Labute approximate surface area is 128 Å². The Morgan fingerprint density at radius 2 is 1.95 bits per heavy atom. The molecule has 112 valence electrons. The second-order valence-electron chi connectivity index (χ2n) is 4.81. The van der Waals surface area contributed by atoms with Crippen molar-refractivity contribution in [2.45, 2.75) is 30.9 Å². The van der Waals surface area contributed by atoms with Gasteiger partial charge in [0.25, 0.3) is 5.91 Å². The highest BCUT2D eigenvalue weighted by Gasteiger charge is 2.23. The minimum atomic E-state index is -3.46. The highest BCUT2D eigenvalue weighted by Crippen LogP contribution is 2.26. The van der Waals surface area contributed by atoms with Crippen molar-refractivity contribution >= 4 is 32.8 Å². The first-order valence-electron chi connectivity index (χ1n) is 6.38. The molecule has 0 aliphatic heterocycles.